The van der Waals surface area contributed by atoms with E-state index in [1.807, 2.05) is 19.1 Å². The molecule has 0 radical (unpaired) electrons. The van der Waals surface area contributed by atoms with E-state index in [0.717, 1.165) is 16.5 Å². The van der Waals surface area contributed by atoms with Crippen molar-refractivity contribution in [2.45, 2.75) is 13.3 Å². The lowest BCUT2D eigenvalue weighted by molar-refractivity contribution is -0.136. The highest BCUT2D eigenvalue weighted by Crippen LogP contribution is 2.16. The molecular formula is C24H20BrN3O4. The molecule has 3 aromatic rings. The summed E-state index contributed by atoms with van der Waals surface area (Å²) in [6.07, 6.45) is 2.26. The Labute approximate surface area is 193 Å². The number of amides is 2. The molecule has 8 heteroatoms. The Kier molecular flexibility index (Phi) is 7.88. The zero-order valence-electron chi connectivity index (χ0n) is 17.2. The standard InChI is InChI=1S/C24H20BrN3O4/c1-2-16-3-11-20(12-4-16)27-22(29)23(30)28-26-15-17-5-13-21(14-6-17)32-24(31)18-7-9-19(25)10-8-18/h3-15H,2H2,1H3,(H,27,29)(H,28,30)/b26-15+. The van der Waals surface area contributed by atoms with Gasteiger partial charge in [0.25, 0.3) is 0 Å². The Morgan fingerprint density at radius 2 is 1.56 bits per heavy atom. The van der Waals surface area contributed by atoms with Crippen LogP contribution in [0.5, 0.6) is 5.75 Å². The fraction of sp³-hybridized carbons (Fsp3) is 0.0833. The molecule has 162 valence electrons. The maximum atomic E-state index is 12.1. The van der Waals surface area contributed by atoms with Gasteiger partial charge in [-0.3, -0.25) is 9.59 Å². The molecule has 0 saturated heterocycles. The summed E-state index contributed by atoms with van der Waals surface area (Å²) in [5.74, 6) is -1.81. The second-order valence-electron chi connectivity index (χ2n) is 6.67. The van der Waals surface area contributed by atoms with Crippen molar-refractivity contribution in [2.24, 2.45) is 5.10 Å². The van der Waals surface area contributed by atoms with Crippen LogP contribution in [0.4, 0.5) is 5.69 Å². The van der Waals surface area contributed by atoms with E-state index >= 15 is 0 Å². The third-order valence-electron chi connectivity index (χ3n) is 4.38. The highest BCUT2D eigenvalue weighted by atomic mass is 79.9. The molecule has 0 aliphatic rings. The molecule has 3 aromatic carbocycles. The molecule has 3 rings (SSSR count). The number of carbonyl (C=O) groups is 3. The Morgan fingerprint density at radius 1 is 0.906 bits per heavy atom. The van der Waals surface area contributed by atoms with Gasteiger partial charge in [-0.05, 0) is 78.2 Å². The van der Waals surface area contributed by atoms with Crippen LogP contribution in [0.25, 0.3) is 0 Å². The second kappa shape index (κ2) is 11.0. The number of hydrogen-bond donors (Lipinski definition) is 2. The predicted octanol–water partition coefficient (Wildman–Crippen LogP) is 4.32. The summed E-state index contributed by atoms with van der Waals surface area (Å²) in [7, 11) is 0. The lowest BCUT2D eigenvalue weighted by atomic mass is 10.1. The minimum atomic E-state index is -0.888. The minimum Gasteiger partial charge on any atom is -0.423 e. The number of esters is 1. The van der Waals surface area contributed by atoms with E-state index in [2.05, 4.69) is 31.8 Å². The van der Waals surface area contributed by atoms with Crippen molar-refractivity contribution in [3.8, 4) is 5.75 Å². The molecule has 7 nitrogen and oxygen atoms in total. The van der Waals surface area contributed by atoms with Crippen LogP contribution in [0.1, 0.15) is 28.4 Å². The fourth-order valence-electron chi connectivity index (χ4n) is 2.60. The van der Waals surface area contributed by atoms with Gasteiger partial charge in [0.15, 0.2) is 0 Å². The number of anilines is 1. The summed E-state index contributed by atoms with van der Waals surface area (Å²) in [5.41, 5.74) is 4.91. The van der Waals surface area contributed by atoms with Crippen LogP contribution in [0, 0.1) is 0 Å². The molecule has 0 bridgehead atoms. The van der Waals surface area contributed by atoms with E-state index < -0.39 is 17.8 Å². The van der Waals surface area contributed by atoms with Gasteiger partial charge in [-0.15, -0.1) is 0 Å². The number of halogens is 1. The number of ether oxygens (including phenoxy) is 1. The minimum absolute atomic E-state index is 0.368. The van der Waals surface area contributed by atoms with Crippen molar-refractivity contribution >= 4 is 45.6 Å². The quantitative estimate of drug-likeness (QED) is 0.175. The molecule has 0 heterocycles. The molecular weight excluding hydrogens is 474 g/mol. The van der Waals surface area contributed by atoms with E-state index in [0.29, 0.717) is 22.6 Å². The van der Waals surface area contributed by atoms with Gasteiger partial charge in [-0.25, -0.2) is 10.2 Å². The number of rotatable bonds is 6. The first-order valence-corrected chi connectivity index (χ1v) is 10.5. The largest absolute Gasteiger partial charge is 0.423 e. The van der Waals surface area contributed by atoms with Gasteiger partial charge in [0, 0.05) is 10.2 Å². The molecule has 0 spiro atoms. The Bertz CT molecular complexity index is 1130. The third kappa shape index (κ3) is 6.61. The number of hydrazone groups is 1. The third-order valence-corrected chi connectivity index (χ3v) is 4.91. The van der Waals surface area contributed by atoms with Gasteiger partial charge in [0.05, 0.1) is 11.8 Å². The highest BCUT2D eigenvalue weighted by Gasteiger charge is 2.13. The normalized spacial score (nSPS) is 10.6. The number of nitrogens with one attached hydrogen (secondary N) is 2. The predicted molar refractivity (Wildman–Crippen MR) is 126 cm³/mol. The average Bonchev–Trinajstić information content (AvgIpc) is 2.81. The lowest BCUT2D eigenvalue weighted by Gasteiger charge is -2.05. The first-order chi connectivity index (χ1) is 15.4. The van der Waals surface area contributed by atoms with Gasteiger partial charge in [0.2, 0.25) is 0 Å². The molecule has 0 unspecified atom stereocenters. The molecule has 0 aliphatic heterocycles. The lowest BCUT2D eigenvalue weighted by Crippen LogP contribution is -2.32. The van der Waals surface area contributed by atoms with Crippen LogP contribution in [-0.4, -0.2) is 24.0 Å². The van der Waals surface area contributed by atoms with Gasteiger partial charge >= 0.3 is 17.8 Å². The summed E-state index contributed by atoms with van der Waals surface area (Å²) in [6, 6.07) is 20.6. The summed E-state index contributed by atoms with van der Waals surface area (Å²) in [5, 5.41) is 6.29. The molecule has 0 atom stereocenters. The zero-order chi connectivity index (χ0) is 22.9. The van der Waals surface area contributed by atoms with E-state index in [-0.39, 0.29) is 0 Å². The van der Waals surface area contributed by atoms with Crippen molar-refractivity contribution in [1.82, 2.24) is 5.43 Å². The SMILES string of the molecule is CCc1ccc(NC(=O)C(=O)N/N=C/c2ccc(OC(=O)c3ccc(Br)cc3)cc2)cc1. The number of aryl methyl sites for hydroxylation is 1. The first-order valence-electron chi connectivity index (χ1n) is 9.75. The molecule has 2 amide bonds. The van der Waals surface area contributed by atoms with Crippen molar-refractivity contribution < 1.29 is 19.1 Å². The zero-order valence-corrected chi connectivity index (χ0v) is 18.8. The van der Waals surface area contributed by atoms with Crippen LogP contribution in [0.3, 0.4) is 0 Å². The summed E-state index contributed by atoms with van der Waals surface area (Å²) in [4.78, 5) is 36.0. The number of carbonyl (C=O) groups excluding carboxylic acids is 3. The van der Waals surface area contributed by atoms with E-state index in [9.17, 15) is 14.4 Å². The van der Waals surface area contributed by atoms with Crippen molar-refractivity contribution in [1.29, 1.82) is 0 Å². The molecule has 0 aromatic heterocycles. The number of nitrogens with zero attached hydrogens (tertiary/aromatic N) is 1. The monoisotopic (exact) mass is 493 g/mol. The first kappa shape index (κ1) is 22.9. The Balaban J connectivity index is 1.49. The maximum Gasteiger partial charge on any atom is 0.343 e. The summed E-state index contributed by atoms with van der Waals surface area (Å²) in [6.45, 7) is 2.03. The number of benzene rings is 3. The summed E-state index contributed by atoms with van der Waals surface area (Å²) >= 11 is 3.31. The van der Waals surface area contributed by atoms with Gasteiger partial charge < -0.3 is 10.1 Å². The van der Waals surface area contributed by atoms with E-state index in [1.165, 1.54) is 6.21 Å². The fourth-order valence-corrected chi connectivity index (χ4v) is 2.87. The molecule has 0 fully saturated rings. The van der Waals surface area contributed by atoms with Gasteiger partial charge in [0.1, 0.15) is 5.75 Å². The molecule has 0 aliphatic carbocycles. The highest BCUT2D eigenvalue weighted by molar-refractivity contribution is 9.10. The van der Waals surface area contributed by atoms with E-state index in [4.69, 9.17) is 4.74 Å². The van der Waals surface area contributed by atoms with Crippen LogP contribution in [0.2, 0.25) is 0 Å². The average molecular weight is 494 g/mol. The van der Waals surface area contributed by atoms with Gasteiger partial charge in [-0.1, -0.05) is 35.0 Å². The second-order valence-corrected chi connectivity index (χ2v) is 7.58. The van der Waals surface area contributed by atoms with Crippen molar-refractivity contribution in [3.63, 3.8) is 0 Å². The smallest absolute Gasteiger partial charge is 0.343 e. The summed E-state index contributed by atoms with van der Waals surface area (Å²) < 4.78 is 6.19. The number of hydrogen-bond acceptors (Lipinski definition) is 5. The van der Waals surface area contributed by atoms with Crippen molar-refractivity contribution in [2.75, 3.05) is 5.32 Å². The topological polar surface area (TPSA) is 96.9 Å². The van der Waals surface area contributed by atoms with Crippen LogP contribution in [-0.2, 0) is 16.0 Å². The van der Waals surface area contributed by atoms with Crippen LogP contribution in [0.15, 0.2) is 82.4 Å². The molecule has 2 N–H and O–H groups in total. The van der Waals surface area contributed by atoms with E-state index in [1.54, 1.807) is 60.7 Å². The van der Waals surface area contributed by atoms with Gasteiger partial charge in [-0.2, -0.15) is 5.10 Å². The molecule has 0 saturated carbocycles. The van der Waals surface area contributed by atoms with Crippen LogP contribution < -0.4 is 15.5 Å². The Hall–Kier alpha value is -3.78. The van der Waals surface area contributed by atoms with Crippen molar-refractivity contribution in [3.05, 3.63) is 94.0 Å². The molecule has 32 heavy (non-hydrogen) atoms. The van der Waals surface area contributed by atoms with Crippen LogP contribution >= 0.6 is 15.9 Å². The maximum absolute atomic E-state index is 12.1. The Morgan fingerprint density at radius 3 is 2.19 bits per heavy atom.